The van der Waals surface area contributed by atoms with Gasteiger partial charge in [-0.05, 0) is 116 Å². The fraction of sp³-hybridized carbons (Fsp3) is 0.857. The van der Waals surface area contributed by atoms with Crippen molar-refractivity contribution in [3.05, 3.63) is 18.0 Å². The van der Waals surface area contributed by atoms with E-state index in [1.165, 1.54) is 64.2 Å². The zero-order valence-corrected chi connectivity index (χ0v) is 20.3. The predicted molar refractivity (Wildman–Crippen MR) is 125 cm³/mol. The molecular weight excluding hydrogens is 378 g/mol. The molecule has 4 saturated carbocycles. The van der Waals surface area contributed by atoms with Crippen LogP contribution in [0.2, 0.25) is 0 Å². The quantitative estimate of drug-likeness (QED) is 0.521. The number of fused-ring (bicyclic) bond motifs is 5. The second-order valence-electron chi connectivity index (χ2n) is 12.4. The van der Waals surface area contributed by atoms with E-state index in [0.29, 0.717) is 22.4 Å². The molecule has 1 aromatic rings. The molecule has 1 heterocycles. The highest BCUT2D eigenvalue weighted by Crippen LogP contribution is 2.68. The van der Waals surface area contributed by atoms with Crippen molar-refractivity contribution in [3.8, 4) is 6.07 Å². The van der Waals surface area contributed by atoms with Crippen molar-refractivity contribution < 1.29 is 0 Å². The molecule has 0 N–H and O–H groups in total. The van der Waals surface area contributed by atoms with Crippen LogP contribution in [0.3, 0.4) is 0 Å². The summed E-state index contributed by atoms with van der Waals surface area (Å²) in [4.78, 5) is 0. The number of nitrogens with zero attached hydrogens (tertiary/aromatic N) is 3. The van der Waals surface area contributed by atoms with Crippen LogP contribution < -0.4 is 0 Å². The molecule has 5 rings (SSSR count). The molecule has 0 radical (unpaired) electrons. The van der Waals surface area contributed by atoms with Crippen molar-refractivity contribution in [2.24, 2.45) is 52.3 Å². The second-order valence-corrected chi connectivity index (χ2v) is 12.4. The first-order valence-electron chi connectivity index (χ1n) is 13.3. The van der Waals surface area contributed by atoms with Crippen LogP contribution in [0.5, 0.6) is 0 Å². The summed E-state index contributed by atoms with van der Waals surface area (Å²) < 4.78 is 1.95. The Morgan fingerprint density at radius 3 is 2.65 bits per heavy atom. The fourth-order valence-electron chi connectivity index (χ4n) is 9.67. The minimum Gasteiger partial charge on any atom is -0.255 e. The first-order chi connectivity index (χ1) is 14.9. The second kappa shape index (κ2) is 7.93. The van der Waals surface area contributed by atoms with Gasteiger partial charge in [-0.3, -0.25) is 4.68 Å². The first kappa shape index (κ1) is 21.5. The summed E-state index contributed by atoms with van der Waals surface area (Å²) in [6.07, 6.45) is 16.4. The van der Waals surface area contributed by atoms with Crippen molar-refractivity contribution in [2.45, 2.75) is 98.4 Å². The molecule has 0 spiro atoms. The number of hydrogen-bond donors (Lipinski definition) is 0. The minimum atomic E-state index is 0.490. The molecule has 170 valence electrons. The lowest BCUT2D eigenvalue weighted by Crippen LogP contribution is -2.53. The molecular formula is C28H43N3. The molecule has 0 amide bonds. The number of hydrogen-bond acceptors (Lipinski definition) is 2. The Bertz CT molecular complexity index is 836. The third-order valence-corrected chi connectivity index (χ3v) is 11.4. The highest BCUT2D eigenvalue weighted by Gasteiger charge is 2.60. The van der Waals surface area contributed by atoms with Gasteiger partial charge in [0.05, 0.1) is 6.20 Å². The van der Waals surface area contributed by atoms with E-state index in [4.69, 9.17) is 0 Å². The summed E-state index contributed by atoms with van der Waals surface area (Å²) in [5, 5.41) is 13.8. The summed E-state index contributed by atoms with van der Waals surface area (Å²) >= 11 is 0. The molecule has 3 unspecified atom stereocenters. The number of aromatic nitrogens is 2. The third-order valence-electron chi connectivity index (χ3n) is 11.4. The summed E-state index contributed by atoms with van der Waals surface area (Å²) in [5.41, 5.74) is 1.82. The molecule has 0 aliphatic heterocycles. The Balaban J connectivity index is 1.33. The van der Waals surface area contributed by atoms with E-state index < -0.39 is 0 Å². The molecule has 0 bridgehead atoms. The van der Waals surface area contributed by atoms with Gasteiger partial charge in [0.2, 0.25) is 0 Å². The smallest absolute Gasteiger partial charge is 0.138 e. The summed E-state index contributed by atoms with van der Waals surface area (Å²) in [7, 11) is 0. The standard InChI is InChI=1S/C28H43N3/c1-5-20-10-13-27(3)21(16-20)6-7-23-25-9-8-24(28(25,4)14-11-26(23)27)19(2)18-31-22(17-29)12-15-30-31/h12,15,19-21,23-26H,5-11,13-14,16,18H2,1-4H3/t19-,20+,21-,23+,24?,25?,26?,27+,28-/m1/s1. The van der Waals surface area contributed by atoms with Gasteiger partial charge in [-0.1, -0.05) is 34.1 Å². The normalized spacial score (nSPS) is 45.3. The highest BCUT2D eigenvalue weighted by atomic mass is 15.3. The van der Waals surface area contributed by atoms with Gasteiger partial charge in [-0.25, -0.2) is 0 Å². The van der Waals surface area contributed by atoms with Crippen LogP contribution in [0.25, 0.3) is 0 Å². The largest absolute Gasteiger partial charge is 0.255 e. The molecule has 3 heteroatoms. The van der Waals surface area contributed by atoms with Crippen molar-refractivity contribution in [1.29, 1.82) is 5.26 Å². The summed E-state index contributed by atoms with van der Waals surface area (Å²) in [5.74, 6) is 6.23. The lowest BCUT2D eigenvalue weighted by Gasteiger charge is -2.61. The first-order valence-corrected chi connectivity index (χ1v) is 13.3. The van der Waals surface area contributed by atoms with E-state index in [0.717, 1.165) is 42.1 Å². The van der Waals surface area contributed by atoms with E-state index in [-0.39, 0.29) is 0 Å². The van der Waals surface area contributed by atoms with Crippen molar-refractivity contribution in [2.75, 3.05) is 0 Å². The van der Waals surface area contributed by atoms with Gasteiger partial charge >= 0.3 is 0 Å². The molecule has 4 fully saturated rings. The topological polar surface area (TPSA) is 41.6 Å². The maximum Gasteiger partial charge on any atom is 0.138 e. The van der Waals surface area contributed by atoms with Gasteiger partial charge in [0, 0.05) is 6.54 Å². The average Bonchev–Trinajstić information content (AvgIpc) is 3.36. The Kier molecular flexibility index (Phi) is 5.51. The monoisotopic (exact) mass is 421 g/mol. The molecule has 3 nitrogen and oxygen atoms in total. The van der Waals surface area contributed by atoms with E-state index in [2.05, 4.69) is 38.9 Å². The van der Waals surface area contributed by atoms with Gasteiger partial charge in [0.25, 0.3) is 0 Å². The van der Waals surface area contributed by atoms with E-state index in [1.807, 2.05) is 10.7 Å². The van der Waals surface area contributed by atoms with Gasteiger partial charge in [-0.2, -0.15) is 10.4 Å². The Hall–Kier alpha value is -1.30. The maximum absolute atomic E-state index is 9.39. The van der Waals surface area contributed by atoms with E-state index in [1.54, 1.807) is 6.20 Å². The van der Waals surface area contributed by atoms with Crippen molar-refractivity contribution >= 4 is 0 Å². The van der Waals surface area contributed by atoms with Crippen LogP contribution in [-0.4, -0.2) is 9.78 Å². The van der Waals surface area contributed by atoms with Crippen LogP contribution in [-0.2, 0) is 6.54 Å². The molecule has 1 aromatic heterocycles. The van der Waals surface area contributed by atoms with Crippen molar-refractivity contribution in [3.63, 3.8) is 0 Å². The van der Waals surface area contributed by atoms with Gasteiger partial charge in [0.1, 0.15) is 11.8 Å². The molecule has 31 heavy (non-hydrogen) atoms. The molecule has 4 aliphatic rings. The summed E-state index contributed by atoms with van der Waals surface area (Å²) in [6, 6.07) is 4.16. The predicted octanol–water partition coefficient (Wildman–Crippen LogP) is 7.08. The zero-order valence-electron chi connectivity index (χ0n) is 20.3. The van der Waals surface area contributed by atoms with E-state index >= 15 is 0 Å². The van der Waals surface area contributed by atoms with Crippen LogP contribution in [0.15, 0.2) is 12.3 Å². The third kappa shape index (κ3) is 3.30. The molecule has 4 aliphatic carbocycles. The average molecular weight is 422 g/mol. The van der Waals surface area contributed by atoms with Gasteiger partial charge in [-0.15, -0.1) is 0 Å². The lowest BCUT2D eigenvalue weighted by molar-refractivity contribution is -0.121. The zero-order chi connectivity index (χ0) is 21.8. The molecule has 0 saturated heterocycles. The fourth-order valence-corrected chi connectivity index (χ4v) is 9.67. The number of rotatable bonds is 4. The number of nitriles is 1. The molecule has 9 atom stereocenters. The Morgan fingerprint density at radius 2 is 1.87 bits per heavy atom. The van der Waals surface area contributed by atoms with Crippen LogP contribution in [0.4, 0.5) is 0 Å². The SMILES string of the molecule is CC[C@H]1CC[C@]2(C)C3CC[C@@]4(C)C(CCC4[C@H](C)Cn4nccc4C#N)[C@@H]3CC[C@@H]2C1. The van der Waals surface area contributed by atoms with Gasteiger partial charge in [0.15, 0.2) is 0 Å². The van der Waals surface area contributed by atoms with Crippen LogP contribution in [0.1, 0.15) is 97.6 Å². The Labute approximate surface area is 190 Å². The summed E-state index contributed by atoms with van der Waals surface area (Å²) in [6.45, 7) is 11.1. The maximum atomic E-state index is 9.39. The van der Waals surface area contributed by atoms with Crippen LogP contribution >= 0.6 is 0 Å². The Morgan fingerprint density at radius 1 is 1.10 bits per heavy atom. The molecule has 0 aromatic carbocycles. The minimum absolute atomic E-state index is 0.490. The van der Waals surface area contributed by atoms with Crippen LogP contribution in [0, 0.1) is 63.6 Å². The van der Waals surface area contributed by atoms with Crippen molar-refractivity contribution in [1.82, 2.24) is 9.78 Å². The highest BCUT2D eigenvalue weighted by molar-refractivity contribution is 5.18. The van der Waals surface area contributed by atoms with E-state index in [9.17, 15) is 5.26 Å². The van der Waals surface area contributed by atoms with Gasteiger partial charge < -0.3 is 0 Å². The lowest BCUT2D eigenvalue weighted by atomic mass is 9.44.